The largest absolute Gasteiger partial charge is 0.366 e. The van der Waals surface area contributed by atoms with Crippen LogP contribution in [0.5, 0.6) is 0 Å². The Balaban J connectivity index is 3.24. The molecule has 0 radical (unpaired) electrons. The summed E-state index contributed by atoms with van der Waals surface area (Å²) in [5.74, 6) is 0. The van der Waals surface area contributed by atoms with Crippen molar-refractivity contribution in [3.63, 3.8) is 0 Å². The van der Waals surface area contributed by atoms with Crippen molar-refractivity contribution in [3.8, 4) is 0 Å². The van der Waals surface area contributed by atoms with Gasteiger partial charge in [-0.2, -0.15) is 8.51 Å². The molecule has 0 heterocycles. The molecule has 1 rings (SSSR count). The van der Waals surface area contributed by atoms with E-state index in [1.807, 2.05) is 6.92 Å². The first-order valence-electron chi connectivity index (χ1n) is 4.98. The summed E-state index contributed by atoms with van der Waals surface area (Å²) in [6, 6.07) is 6.58. The predicted octanol–water partition coefficient (Wildman–Crippen LogP) is 3.12. The Bertz CT molecular complexity index is 513. The minimum absolute atomic E-state index is 0.195. The molecule has 0 spiro atoms. The van der Waals surface area contributed by atoms with Gasteiger partial charge in [0.25, 0.3) is 0 Å². The van der Waals surface area contributed by atoms with Crippen molar-refractivity contribution in [2.75, 3.05) is 18.6 Å². The fraction of sp³-hybridized carbons (Fsp3) is 0.400. The van der Waals surface area contributed by atoms with E-state index < -0.39 is 13.0 Å². The topological polar surface area (TPSA) is 23.6 Å². The summed E-state index contributed by atoms with van der Waals surface area (Å²) in [6.07, 6.45) is 0. The summed E-state index contributed by atoms with van der Waals surface area (Å²) >= 11 is 11.2. The van der Waals surface area contributed by atoms with Gasteiger partial charge in [-0.3, -0.25) is 0 Å². The first kappa shape index (κ1) is 15.9. The molecule has 0 saturated carbocycles. The zero-order valence-corrected chi connectivity index (χ0v) is 13.3. The second-order valence-corrected chi connectivity index (χ2v) is 9.80. The lowest BCUT2D eigenvalue weighted by molar-refractivity contribution is 0.498. The van der Waals surface area contributed by atoms with Gasteiger partial charge in [-0.15, -0.1) is 0 Å². The van der Waals surface area contributed by atoms with E-state index in [1.54, 1.807) is 24.3 Å². The molecule has 0 aliphatic carbocycles. The van der Waals surface area contributed by atoms with Gasteiger partial charge in [-0.1, -0.05) is 26.7 Å². The van der Waals surface area contributed by atoms with Gasteiger partial charge in [0, 0.05) is 14.1 Å². The molecule has 1 aromatic rings. The summed E-state index contributed by atoms with van der Waals surface area (Å²) in [5, 5.41) is 0. The molecule has 0 saturated heterocycles. The average molecular weight is 332 g/mol. The molecular formula is C10H14Cl2FN2OS2+. The van der Waals surface area contributed by atoms with Crippen LogP contribution in [0.3, 0.4) is 0 Å². The summed E-state index contributed by atoms with van der Waals surface area (Å²) < 4.78 is 27.3. The van der Waals surface area contributed by atoms with E-state index in [1.165, 1.54) is 18.4 Å². The van der Waals surface area contributed by atoms with Gasteiger partial charge in [0.15, 0.2) is 0 Å². The number of benzene rings is 1. The Morgan fingerprint density at radius 2 is 1.78 bits per heavy atom. The van der Waals surface area contributed by atoms with E-state index in [0.717, 1.165) is 5.56 Å². The highest BCUT2D eigenvalue weighted by Crippen LogP contribution is 2.22. The maximum atomic E-state index is 14.3. The molecule has 102 valence electrons. The zero-order valence-electron chi connectivity index (χ0n) is 10.1. The molecule has 0 aromatic heterocycles. The first-order chi connectivity index (χ1) is 8.27. The van der Waals surface area contributed by atoms with Crippen molar-refractivity contribution in [2.24, 2.45) is 0 Å². The highest BCUT2D eigenvalue weighted by Gasteiger charge is 2.35. The van der Waals surface area contributed by atoms with Crippen LogP contribution in [0.1, 0.15) is 5.56 Å². The van der Waals surface area contributed by atoms with Crippen LogP contribution < -0.4 is 4.53 Å². The third-order valence-electron chi connectivity index (χ3n) is 2.10. The third-order valence-corrected chi connectivity index (χ3v) is 7.82. The van der Waals surface area contributed by atoms with Crippen molar-refractivity contribution < 1.29 is 8.69 Å². The smallest absolute Gasteiger partial charge is 0.175 e. The summed E-state index contributed by atoms with van der Waals surface area (Å²) in [4.78, 5) is 0. The standard InChI is InChI=1S/C10H14Cl2FN2OS2/c1-8-4-6-9(7-5-8)15(13)18(16,14(2)3)17-10(11)12/h4-7,10H,1-3H3/q+1. The fourth-order valence-corrected chi connectivity index (χ4v) is 5.54. The van der Waals surface area contributed by atoms with Gasteiger partial charge in [0.2, 0.25) is 0 Å². The van der Waals surface area contributed by atoms with Crippen molar-refractivity contribution in [2.45, 2.75) is 11.1 Å². The summed E-state index contributed by atoms with van der Waals surface area (Å²) in [6.45, 7) is 1.89. The number of nitrogens with zero attached hydrogens (tertiary/aromatic N) is 2. The Morgan fingerprint density at radius 1 is 1.28 bits per heavy atom. The molecule has 8 heteroatoms. The monoisotopic (exact) mass is 331 g/mol. The van der Waals surface area contributed by atoms with Gasteiger partial charge in [-0.05, 0) is 42.3 Å². The maximum absolute atomic E-state index is 14.3. The molecule has 1 unspecified atom stereocenters. The van der Waals surface area contributed by atoms with Crippen LogP contribution in [0.25, 0.3) is 0 Å². The Labute approximate surface area is 120 Å². The molecule has 0 aliphatic heterocycles. The highest BCUT2D eigenvalue weighted by atomic mass is 35.5. The molecule has 3 nitrogen and oxygen atoms in total. The van der Waals surface area contributed by atoms with Gasteiger partial charge in [0.1, 0.15) is 0 Å². The number of anilines is 1. The van der Waals surface area contributed by atoms with Crippen molar-refractivity contribution in [1.82, 2.24) is 4.31 Å². The number of alkyl halides is 2. The molecule has 0 N–H and O–H groups in total. The SMILES string of the molecule is Cc1ccc(N(F)S(=O)(=[S+]C(Cl)Cl)N(C)C)cc1. The van der Waals surface area contributed by atoms with E-state index in [-0.39, 0.29) is 10.2 Å². The van der Waals surface area contributed by atoms with Crippen LogP contribution in [0, 0.1) is 6.92 Å². The molecule has 1 aromatic carbocycles. The first-order valence-corrected chi connectivity index (χ1v) is 8.72. The second kappa shape index (κ2) is 6.34. The van der Waals surface area contributed by atoms with Gasteiger partial charge >= 0.3 is 23.4 Å². The van der Waals surface area contributed by atoms with Gasteiger partial charge in [0.05, 0.1) is 5.69 Å². The van der Waals surface area contributed by atoms with Crippen LogP contribution in [0.2, 0.25) is 0 Å². The molecule has 1 atom stereocenters. The number of hydrogen-bond acceptors (Lipinski definition) is 1. The normalized spacial score (nSPS) is 14.7. The maximum Gasteiger partial charge on any atom is 0.366 e. The Hall–Kier alpha value is -0.140. The van der Waals surface area contributed by atoms with Crippen LogP contribution >= 0.6 is 23.2 Å². The molecule has 0 aliphatic rings. The summed E-state index contributed by atoms with van der Waals surface area (Å²) in [5.41, 5.74) is 1.18. The highest BCUT2D eigenvalue weighted by molar-refractivity contribution is 8.39. The van der Waals surface area contributed by atoms with Crippen LogP contribution in [-0.2, 0) is 19.2 Å². The number of halogens is 3. The number of rotatable bonds is 4. The van der Waals surface area contributed by atoms with Crippen molar-refractivity contribution in [1.29, 1.82) is 0 Å². The number of hydrogen-bond donors (Lipinski definition) is 0. The van der Waals surface area contributed by atoms with E-state index in [0.29, 0.717) is 10.3 Å². The van der Waals surface area contributed by atoms with Crippen molar-refractivity contribution >= 4 is 48.1 Å². The number of aryl methyl sites for hydroxylation is 1. The predicted molar refractivity (Wildman–Crippen MR) is 79.5 cm³/mol. The molecule has 18 heavy (non-hydrogen) atoms. The van der Waals surface area contributed by atoms with Gasteiger partial charge < -0.3 is 0 Å². The van der Waals surface area contributed by atoms with Crippen molar-refractivity contribution in [3.05, 3.63) is 29.8 Å². The van der Waals surface area contributed by atoms with Gasteiger partial charge in [-0.25, -0.2) is 0 Å². The van der Waals surface area contributed by atoms with E-state index >= 15 is 0 Å². The molecule has 0 fully saturated rings. The summed E-state index contributed by atoms with van der Waals surface area (Å²) in [7, 11) is 0.468. The van der Waals surface area contributed by atoms with E-state index in [9.17, 15) is 8.69 Å². The molecular weight excluding hydrogens is 318 g/mol. The average Bonchev–Trinajstić information content (AvgIpc) is 2.27. The lowest BCUT2D eigenvalue weighted by Gasteiger charge is -2.17. The van der Waals surface area contributed by atoms with Crippen LogP contribution in [0.15, 0.2) is 24.3 Å². The zero-order chi connectivity index (χ0) is 13.9. The Kier molecular flexibility index (Phi) is 5.61. The Morgan fingerprint density at radius 3 is 2.17 bits per heavy atom. The minimum Gasteiger partial charge on any atom is -0.175 e. The molecule has 0 amide bonds. The van der Waals surface area contributed by atoms with Crippen LogP contribution in [0.4, 0.5) is 10.2 Å². The lowest BCUT2D eigenvalue weighted by atomic mass is 10.2. The minimum atomic E-state index is -3.20. The fourth-order valence-electron chi connectivity index (χ4n) is 1.16. The second-order valence-electron chi connectivity index (χ2n) is 3.70. The van der Waals surface area contributed by atoms with Crippen LogP contribution in [-0.4, -0.2) is 26.8 Å². The van der Waals surface area contributed by atoms with E-state index in [2.05, 4.69) is 0 Å². The molecule has 0 bridgehead atoms. The third kappa shape index (κ3) is 3.68. The quantitative estimate of drug-likeness (QED) is 0.472. The lowest BCUT2D eigenvalue weighted by Crippen LogP contribution is -2.36. The van der Waals surface area contributed by atoms with E-state index in [4.69, 9.17) is 23.2 Å².